The number of nitrogens with one attached hydrogen (secondary N) is 2. The lowest BCUT2D eigenvalue weighted by Crippen LogP contribution is -2.20. The SMILES string of the molecule is CC1=N/C(=C\c2cc(CC3(C)CCCC3)c(/C=c3\[nH]/c(=C\c4ccccn4)cc3CC3(C)CCCC3)[nH]2)C(C)=C1C. The van der Waals surface area contributed by atoms with Crippen LogP contribution in [0.2, 0.25) is 0 Å². The number of aliphatic imine (C=N–C) groups is 1. The lowest BCUT2D eigenvalue weighted by Gasteiger charge is -2.23. The highest BCUT2D eigenvalue weighted by atomic mass is 14.8. The molecule has 3 aromatic rings. The van der Waals surface area contributed by atoms with Crippen LogP contribution in [0.25, 0.3) is 18.2 Å². The van der Waals surface area contributed by atoms with Crippen LogP contribution in [-0.4, -0.2) is 20.7 Å². The van der Waals surface area contributed by atoms with E-state index >= 15 is 0 Å². The normalized spacial score (nSPS) is 22.0. The maximum atomic E-state index is 4.87. The Morgan fingerprint density at radius 2 is 1.46 bits per heavy atom. The fourth-order valence-corrected chi connectivity index (χ4v) is 7.38. The van der Waals surface area contributed by atoms with Gasteiger partial charge in [0.2, 0.25) is 0 Å². The first kappa shape index (κ1) is 27.8. The lowest BCUT2D eigenvalue weighted by molar-refractivity contribution is 0.334. The summed E-state index contributed by atoms with van der Waals surface area (Å²) in [6.45, 7) is 11.4. The molecular formula is C37H46N4. The van der Waals surface area contributed by atoms with E-state index in [-0.39, 0.29) is 0 Å². The lowest BCUT2D eigenvalue weighted by atomic mass is 9.81. The number of H-pyrrole nitrogens is 2. The summed E-state index contributed by atoms with van der Waals surface area (Å²) in [6, 6.07) is 10.8. The van der Waals surface area contributed by atoms with Crippen molar-refractivity contribution in [2.24, 2.45) is 15.8 Å². The summed E-state index contributed by atoms with van der Waals surface area (Å²) >= 11 is 0. The number of hydrogen-bond acceptors (Lipinski definition) is 2. The Morgan fingerprint density at radius 1 is 0.780 bits per heavy atom. The highest BCUT2D eigenvalue weighted by Gasteiger charge is 2.31. The van der Waals surface area contributed by atoms with E-state index < -0.39 is 0 Å². The third-order valence-electron chi connectivity index (χ3n) is 10.1. The standard InChI is InChI=1S/C37H46N4/c1-25-26(2)33(39-27(25)3)21-32-19-29(24-37(5)15-9-10-16-37)35(41-32)22-34-28(23-36(4)13-7-8-14-36)18-31(40-34)20-30-12-6-11-17-38-30/h6,11-12,17-22,40-41H,7-10,13-16,23-24H2,1-5H3/b31-20-,33-21-,34-22-. The molecule has 2 fully saturated rings. The Hall–Kier alpha value is -3.40. The van der Waals surface area contributed by atoms with Crippen LogP contribution < -0.4 is 10.7 Å². The molecule has 0 unspecified atom stereocenters. The Kier molecular flexibility index (Phi) is 7.52. The second-order valence-electron chi connectivity index (χ2n) is 13.7. The maximum absolute atomic E-state index is 4.87. The van der Waals surface area contributed by atoms with E-state index in [2.05, 4.69) is 92.1 Å². The van der Waals surface area contributed by atoms with Gasteiger partial charge < -0.3 is 9.97 Å². The predicted octanol–water partition coefficient (Wildman–Crippen LogP) is 7.79. The molecule has 1 aliphatic heterocycles. The zero-order valence-electron chi connectivity index (χ0n) is 25.7. The smallest absolute Gasteiger partial charge is 0.0686 e. The number of rotatable bonds is 7. The molecule has 3 aliphatic rings. The molecule has 214 valence electrons. The highest BCUT2D eigenvalue weighted by molar-refractivity contribution is 6.03. The molecule has 0 amide bonds. The number of allylic oxidation sites excluding steroid dienone is 2. The molecule has 4 heterocycles. The molecule has 0 radical (unpaired) electrons. The molecule has 6 rings (SSSR count). The topological polar surface area (TPSA) is 56.8 Å². The summed E-state index contributed by atoms with van der Waals surface area (Å²) in [6.07, 6.45) is 21.5. The number of aromatic nitrogens is 3. The van der Waals surface area contributed by atoms with E-state index in [9.17, 15) is 0 Å². The van der Waals surface area contributed by atoms with Gasteiger partial charge in [-0.3, -0.25) is 9.98 Å². The quantitative estimate of drug-likeness (QED) is 0.312. The molecule has 0 atom stereocenters. The summed E-state index contributed by atoms with van der Waals surface area (Å²) in [5.41, 5.74) is 11.7. The average Bonchev–Trinajstić information content (AvgIpc) is 3.76. The van der Waals surface area contributed by atoms with Gasteiger partial charge in [-0.2, -0.15) is 0 Å². The van der Waals surface area contributed by atoms with Crippen LogP contribution in [-0.2, 0) is 12.8 Å². The van der Waals surface area contributed by atoms with E-state index in [4.69, 9.17) is 4.99 Å². The predicted molar refractivity (Wildman–Crippen MR) is 172 cm³/mol. The first-order valence-corrected chi connectivity index (χ1v) is 15.7. The minimum absolute atomic E-state index is 0.373. The fraction of sp³-hybridized carbons (Fsp3) is 0.459. The van der Waals surface area contributed by atoms with Crippen molar-refractivity contribution >= 4 is 23.9 Å². The van der Waals surface area contributed by atoms with Gasteiger partial charge >= 0.3 is 0 Å². The van der Waals surface area contributed by atoms with Crippen molar-refractivity contribution in [3.8, 4) is 0 Å². The minimum Gasteiger partial charge on any atom is -0.355 e. The molecule has 4 nitrogen and oxygen atoms in total. The van der Waals surface area contributed by atoms with Crippen molar-refractivity contribution in [1.29, 1.82) is 0 Å². The van der Waals surface area contributed by atoms with E-state index in [0.29, 0.717) is 10.8 Å². The average molecular weight is 547 g/mol. The van der Waals surface area contributed by atoms with Gasteiger partial charge in [-0.1, -0.05) is 45.6 Å². The Morgan fingerprint density at radius 3 is 2.07 bits per heavy atom. The second kappa shape index (κ2) is 11.1. The first-order chi connectivity index (χ1) is 19.7. The molecule has 2 N–H and O–H groups in total. The molecule has 0 bridgehead atoms. The Balaban J connectivity index is 1.46. The number of hydrogen-bond donors (Lipinski definition) is 2. The van der Waals surface area contributed by atoms with Crippen LogP contribution in [0.1, 0.15) is 114 Å². The number of pyridine rings is 1. The van der Waals surface area contributed by atoms with Crippen molar-refractivity contribution in [2.45, 2.75) is 98.8 Å². The van der Waals surface area contributed by atoms with E-state index in [1.54, 1.807) is 0 Å². The van der Waals surface area contributed by atoms with Gasteiger partial charge in [0.1, 0.15) is 0 Å². The van der Waals surface area contributed by atoms with Crippen LogP contribution in [0.5, 0.6) is 0 Å². The van der Waals surface area contributed by atoms with Crippen molar-refractivity contribution in [2.75, 3.05) is 0 Å². The number of aromatic amines is 2. The third-order valence-corrected chi connectivity index (χ3v) is 10.1. The molecule has 3 aromatic heterocycles. The van der Waals surface area contributed by atoms with E-state index in [0.717, 1.165) is 41.0 Å². The van der Waals surface area contributed by atoms with Gasteiger partial charge in [-0.25, -0.2) is 0 Å². The first-order valence-electron chi connectivity index (χ1n) is 15.7. The van der Waals surface area contributed by atoms with Gasteiger partial charge in [0.15, 0.2) is 0 Å². The third kappa shape index (κ3) is 6.12. The molecule has 41 heavy (non-hydrogen) atoms. The summed E-state index contributed by atoms with van der Waals surface area (Å²) in [5.74, 6) is 0. The van der Waals surface area contributed by atoms with Crippen LogP contribution in [0.15, 0.2) is 58.4 Å². The Labute approximate surface area is 245 Å². The van der Waals surface area contributed by atoms with Gasteiger partial charge in [0.05, 0.1) is 11.4 Å². The summed E-state index contributed by atoms with van der Waals surface area (Å²) in [4.78, 5) is 17.0. The maximum Gasteiger partial charge on any atom is 0.0686 e. The van der Waals surface area contributed by atoms with E-state index in [1.807, 2.05) is 12.3 Å². The monoisotopic (exact) mass is 546 g/mol. The van der Waals surface area contributed by atoms with Crippen LogP contribution in [0, 0.1) is 10.8 Å². The molecular weight excluding hydrogens is 500 g/mol. The molecule has 2 aliphatic carbocycles. The fourth-order valence-electron chi connectivity index (χ4n) is 7.38. The van der Waals surface area contributed by atoms with Crippen LogP contribution in [0.4, 0.5) is 0 Å². The minimum atomic E-state index is 0.373. The van der Waals surface area contributed by atoms with Gasteiger partial charge in [0.25, 0.3) is 0 Å². The summed E-state index contributed by atoms with van der Waals surface area (Å²) < 4.78 is 0. The van der Waals surface area contributed by atoms with Gasteiger partial charge in [-0.15, -0.1) is 0 Å². The number of nitrogens with zero attached hydrogens (tertiary/aromatic N) is 2. The zero-order valence-corrected chi connectivity index (χ0v) is 25.7. The second-order valence-corrected chi connectivity index (χ2v) is 13.7. The molecule has 0 saturated heterocycles. The van der Waals surface area contributed by atoms with Gasteiger partial charge in [0, 0.05) is 34.0 Å². The zero-order chi connectivity index (χ0) is 28.6. The summed E-state index contributed by atoms with van der Waals surface area (Å²) in [7, 11) is 0. The summed E-state index contributed by atoms with van der Waals surface area (Å²) in [5, 5.41) is 2.34. The van der Waals surface area contributed by atoms with Crippen LogP contribution in [0.3, 0.4) is 0 Å². The van der Waals surface area contributed by atoms with Crippen molar-refractivity contribution in [3.63, 3.8) is 0 Å². The van der Waals surface area contributed by atoms with Crippen molar-refractivity contribution in [1.82, 2.24) is 15.0 Å². The molecule has 2 saturated carbocycles. The molecule has 4 heteroatoms. The Bertz CT molecular complexity index is 1630. The van der Waals surface area contributed by atoms with Crippen molar-refractivity contribution < 1.29 is 0 Å². The van der Waals surface area contributed by atoms with Crippen LogP contribution >= 0.6 is 0 Å². The molecule has 0 spiro atoms. The molecule has 0 aromatic carbocycles. The largest absolute Gasteiger partial charge is 0.355 e. The van der Waals surface area contributed by atoms with E-state index in [1.165, 1.54) is 84.7 Å². The van der Waals surface area contributed by atoms with Crippen molar-refractivity contribution in [3.05, 3.63) is 92.3 Å². The van der Waals surface area contributed by atoms with Gasteiger partial charge in [-0.05, 0) is 135 Å². The highest BCUT2D eigenvalue weighted by Crippen LogP contribution is 2.42.